The molecule has 0 aliphatic carbocycles. The maximum Gasteiger partial charge on any atom is 0.243 e. The third kappa shape index (κ3) is 4.21. The molecule has 0 aromatic heterocycles. The lowest BCUT2D eigenvalue weighted by molar-refractivity contribution is -0.126. The lowest BCUT2D eigenvalue weighted by Gasteiger charge is -2.32. The zero-order chi connectivity index (χ0) is 22.1. The molecule has 0 saturated carbocycles. The summed E-state index contributed by atoms with van der Waals surface area (Å²) in [5, 5.41) is 3.21. The fraction of sp³-hybridized carbons (Fsp3) is 0.435. The minimum atomic E-state index is -3.65. The first kappa shape index (κ1) is 21.6. The number of sulfonamides is 1. The third-order valence-electron chi connectivity index (χ3n) is 6.25. The van der Waals surface area contributed by atoms with Crippen molar-refractivity contribution in [2.75, 3.05) is 32.1 Å². The monoisotopic (exact) mass is 474 g/mol. The number of thioether (sulfide) groups is 1. The van der Waals surface area contributed by atoms with Crippen molar-refractivity contribution in [3.05, 3.63) is 48.0 Å². The summed E-state index contributed by atoms with van der Waals surface area (Å²) in [6.07, 6.45) is 1.93. The number of hydrogen-bond donors (Lipinski definition) is 1. The van der Waals surface area contributed by atoms with Crippen molar-refractivity contribution in [1.82, 2.24) is 9.62 Å². The molecule has 2 aromatic rings. The van der Waals surface area contributed by atoms with Gasteiger partial charge in [0.15, 0.2) is 11.5 Å². The predicted molar refractivity (Wildman–Crippen MR) is 122 cm³/mol. The average Bonchev–Trinajstić information content (AvgIpc) is 2.84. The molecule has 3 aliphatic heterocycles. The van der Waals surface area contributed by atoms with Crippen LogP contribution in [0, 0.1) is 5.92 Å². The molecule has 0 radical (unpaired) electrons. The van der Waals surface area contributed by atoms with E-state index in [9.17, 15) is 13.2 Å². The molecule has 170 valence electrons. The van der Waals surface area contributed by atoms with Crippen molar-refractivity contribution in [1.29, 1.82) is 0 Å². The Kier molecular flexibility index (Phi) is 6.05. The molecule has 5 rings (SSSR count). The van der Waals surface area contributed by atoms with Gasteiger partial charge >= 0.3 is 0 Å². The molecule has 2 aromatic carbocycles. The van der Waals surface area contributed by atoms with Gasteiger partial charge in [-0.15, -0.1) is 11.8 Å². The van der Waals surface area contributed by atoms with E-state index in [4.69, 9.17) is 9.47 Å². The number of rotatable bonds is 4. The highest BCUT2D eigenvalue weighted by Gasteiger charge is 2.34. The first-order valence-corrected chi connectivity index (χ1v) is 13.4. The van der Waals surface area contributed by atoms with Crippen molar-refractivity contribution >= 4 is 27.7 Å². The van der Waals surface area contributed by atoms with E-state index in [2.05, 4.69) is 17.4 Å². The molecule has 32 heavy (non-hydrogen) atoms. The molecule has 1 saturated heterocycles. The molecule has 0 unspecified atom stereocenters. The average molecular weight is 475 g/mol. The number of amides is 1. The number of benzene rings is 2. The number of hydrogen-bond acceptors (Lipinski definition) is 6. The summed E-state index contributed by atoms with van der Waals surface area (Å²) >= 11 is 1.82. The van der Waals surface area contributed by atoms with Crippen LogP contribution in [0.25, 0.3) is 0 Å². The van der Waals surface area contributed by atoms with Crippen LogP contribution in [-0.2, 0) is 14.8 Å². The summed E-state index contributed by atoms with van der Waals surface area (Å²) in [7, 11) is -3.65. The van der Waals surface area contributed by atoms with Crippen LogP contribution in [0.5, 0.6) is 11.5 Å². The first-order valence-electron chi connectivity index (χ1n) is 10.9. The second-order valence-corrected chi connectivity index (χ2v) is 11.3. The maximum atomic E-state index is 13.1. The number of carbonyl (C=O) groups is 1. The number of ether oxygens (including phenoxy) is 2. The molecule has 7 nitrogen and oxygen atoms in total. The van der Waals surface area contributed by atoms with Crippen molar-refractivity contribution in [3.8, 4) is 11.5 Å². The maximum absolute atomic E-state index is 13.1. The number of nitrogens with one attached hydrogen (secondary N) is 1. The molecule has 0 bridgehead atoms. The SMILES string of the molecule is O=C(N[C@@H]1CCSc2ccccc21)C1CCN(S(=O)(=O)c2ccc3c(c2)OCCO3)CC1. The van der Waals surface area contributed by atoms with Crippen LogP contribution >= 0.6 is 11.8 Å². The van der Waals surface area contributed by atoms with E-state index in [0.29, 0.717) is 50.6 Å². The standard InChI is InChI=1S/C23H26N2O5S2/c26-23(24-19-9-14-31-22-4-2-1-3-18(19)22)16-7-10-25(11-8-16)32(27,28)17-5-6-20-21(15-17)30-13-12-29-20/h1-6,15-16,19H,7-14H2,(H,24,26)/t19-/m1/s1. The van der Waals surface area contributed by atoms with Crippen molar-refractivity contribution in [2.24, 2.45) is 5.92 Å². The fourth-order valence-corrected chi connectivity index (χ4v) is 7.08. The summed E-state index contributed by atoms with van der Waals surface area (Å²) in [4.78, 5) is 14.4. The highest BCUT2D eigenvalue weighted by atomic mass is 32.2. The van der Waals surface area contributed by atoms with Crippen molar-refractivity contribution in [3.63, 3.8) is 0 Å². The van der Waals surface area contributed by atoms with Gasteiger partial charge in [0.05, 0.1) is 10.9 Å². The zero-order valence-corrected chi connectivity index (χ0v) is 19.3. The van der Waals surface area contributed by atoms with E-state index in [1.54, 1.807) is 12.1 Å². The van der Waals surface area contributed by atoms with Crippen LogP contribution in [0.15, 0.2) is 52.3 Å². The molecule has 1 N–H and O–H groups in total. The highest BCUT2D eigenvalue weighted by molar-refractivity contribution is 7.99. The van der Waals surface area contributed by atoms with Gasteiger partial charge < -0.3 is 14.8 Å². The zero-order valence-electron chi connectivity index (χ0n) is 17.7. The van der Waals surface area contributed by atoms with Crippen LogP contribution in [-0.4, -0.2) is 50.7 Å². The largest absolute Gasteiger partial charge is 0.486 e. The lowest BCUT2D eigenvalue weighted by Crippen LogP contribution is -2.44. The second kappa shape index (κ2) is 8.96. The van der Waals surface area contributed by atoms with Gasteiger partial charge in [-0.3, -0.25) is 4.79 Å². The molecule has 0 spiro atoms. The molecule has 1 amide bonds. The van der Waals surface area contributed by atoms with Gasteiger partial charge in [-0.1, -0.05) is 18.2 Å². The Hall–Kier alpha value is -2.23. The number of carbonyl (C=O) groups excluding carboxylic acids is 1. The van der Waals surface area contributed by atoms with Gasteiger partial charge in [0.25, 0.3) is 0 Å². The summed E-state index contributed by atoms with van der Waals surface area (Å²) in [5.74, 6) is 1.84. The van der Waals surface area contributed by atoms with Crippen molar-refractivity contribution < 1.29 is 22.7 Å². The van der Waals surface area contributed by atoms with Gasteiger partial charge in [0.1, 0.15) is 13.2 Å². The van der Waals surface area contributed by atoms with Crippen LogP contribution in [0.4, 0.5) is 0 Å². The van der Waals surface area contributed by atoms with E-state index in [0.717, 1.165) is 12.2 Å². The Morgan fingerprint density at radius 2 is 1.75 bits per heavy atom. The molecule has 9 heteroatoms. The molecule has 3 aliphatic rings. The van der Waals surface area contributed by atoms with Gasteiger partial charge in [0, 0.05) is 35.7 Å². The molecule has 3 heterocycles. The number of nitrogens with zero attached hydrogens (tertiary/aromatic N) is 1. The quantitative estimate of drug-likeness (QED) is 0.733. The Balaban J connectivity index is 1.22. The summed E-state index contributed by atoms with van der Waals surface area (Å²) in [6.45, 7) is 1.51. The third-order valence-corrected chi connectivity index (χ3v) is 9.27. The smallest absolute Gasteiger partial charge is 0.243 e. The van der Waals surface area contributed by atoms with Crippen LogP contribution in [0.1, 0.15) is 30.9 Å². The van der Waals surface area contributed by atoms with E-state index in [1.807, 2.05) is 23.9 Å². The molecule has 1 fully saturated rings. The first-order chi connectivity index (χ1) is 15.5. The Morgan fingerprint density at radius 3 is 2.56 bits per heavy atom. The van der Waals surface area contributed by atoms with E-state index >= 15 is 0 Å². The number of fused-ring (bicyclic) bond motifs is 2. The Bertz CT molecular complexity index is 1110. The normalized spacial score (nSPS) is 21.6. The Labute approximate surface area is 192 Å². The van der Waals surface area contributed by atoms with Crippen molar-refractivity contribution in [2.45, 2.75) is 35.1 Å². The predicted octanol–water partition coefficient (Wildman–Crippen LogP) is 3.21. The van der Waals surface area contributed by atoms with Crippen LogP contribution in [0.3, 0.4) is 0 Å². The van der Waals surface area contributed by atoms with E-state index in [-0.39, 0.29) is 22.8 Å². The summed E-state index contributed by atoms with van der Waals surface area (Å²) in [5.41, 5.74) is 1.18. The molecular formula is C23H26N2O5S2. The summed E-state index contributed by atoms with van der Waals surface area (Å²) in [6, 6.07) is 13.0. The topological polar surface area (TPSA) is 84.9 Å². The van der Waals surface area contributed by atoms with Gasteiger partial charge in [-0.05, 0) is 43.0 Å². The van der Waals surface area contributed by atoms with E-state index < -0.39 is 10.0 Å². The molecule has 1 atom stereocenters. The van der Waals surface area contributed by atoms with Gasteiger partial charge in [-0.25, -0.2) is 8.42 Å². The lowest BCUT2D eigenvalue weighted by atomic mass is 9.95. The minimum absolute atomic E-state index is 0.0214. The molecular weight excluding hydrogens is 448 g/mol. The second-order valence-electron chi connectivity index (χ2n) is 8.22. The summed E-state index contributed by atoms with van der Waals surface area (Å²) < 4.78 is 38.7. The van der Waals surface area contributed by atoms with E-state index in [1.165, 1.54) is 20.8 Å². The van der Waals surface area contributed by atoms with Gasteiger partial charge in [0.2, 0.25) is 15.9 Å². The van der Waals surface area contributed by atoms with Crippen LogP contribution < -0.4 is 14.8 Å². The fourth-order valence-electron chi connectivity index (χ4n) is 4.47. The van der Waals surface area contributed by atoms with Gasteiger partial charge in [-0.2, -0.15) is 4.31 Å². The van der Waals surface area contributed by atoms with Crippen LogP contribution in [0.2, 0.25) is 0 Å². The Morgan fingerprint density at radius 1 is 1.00 bits per heavy atom. The number of piperidine rings is 1. The highest BCUT2D eigenvalue weighted by Crippen LogP contribution is 2.37. The minimum Gasteiger partial charge on any atom is -0.486 e.